The summed E-state index contributed by atoms with van der Waals surface area (Å²) < 4.78 is 30.1. The smallest absolute Gasteiger partial charge is 0.247 e. The molecule has 2 aromatic carbocycles. The van der Waals surface area contributed by atoms with Crippen LogP contribution in [0, 0.1) is 0 Å². The third kappa shape index (κ3) is 8.14. The van der Waals surface area contributed by atoms with Gasteiger partial charge in [-0.2, -0.15) is 4.31 Å². The molecule has 0 aliphatic heterocycles. The van der Waals surface area contributed by atoms with Crippen molar-refractivity contribution < 1.29 is 22.7 Å². The number of likely N-dealkylation sites (N-methyl/N-ethyl adjacent to an activating group) is 1. The van der Waals surface area contributed by atoms with E-state index < -0.39 is 22.0 Å². The summed E-state index contributed by atoms with van der Waals surface area (Å²) in [6, 6.07) is 15.3. The Morgan fingerprint density at radius 3 is 2.24 bits per heavy atom. The molecule has 8 nitrogen and oxygen atoms in total. The SMILES string of the molecule is CCCCCNC(=O)[C@@H](c1ccccc1)N(Cc1ccc(OC)cc1)C(=O)CN(C)S(C)(=O)=O. The van der Waals surface area contributed by atoms with E-state index in [-0.39, 0.29) is 19.0 Å². The maximum Gasteiger partial charge on any atom is 0.247 e. The summed E-state index contributed by atoms with van der Waals surface area (Å²) in [4.78, 5) is 28.2. The largest absolute Gasteiger partial charge is 0.497 e. The Balaban J connectivity index is 2.43. The van der Waals surface area contributed by atoms with E-state index in [1.807, 2.05) is 30.3 Å². The number of sulfonamides is 1. The van der Waals surface area contributed by atoms with E-state index in [0.717, 1.165) is 35.4 Å². The molecule has 0 bridgehead atoms. The maximum atomic E-state index is 13.4. The molecule has 2 rings (SSSR count). The number of hydrogen-bond acceptors (Lipinski definition) is 5. The van der Waals surface area contributed by atoms with E-state index in [4.69, 9.17) is 4.74 Å². The second-order valence-electron chi connectivity index (χ2n) is 8.20. The van der Waals surface area contributed by atoms with Gasteiger partial charge in [-0.05, 0) is 29.7 Å². The van der Waals surface area contributed by atoms with Gasteiger partial charge in [-0.1, -0.05) is 62.2 Å². The van der Waals surface area contributed by atoms with Crippen molar-refractivity contribution in [2.75, 3.05) is 33.5 Å². The van der Waals surface area contributed by atoms with Crippen molar-refractivity contribution in [3.8, 4) is 5.75 Å². The van der Waals surface area contributed by atoms with Gasteiger partial charge in [0.25, 0.3) is 0 Å². The Labute approximate surface area is 202 Å². The van der Waals surface area contributed by atoms with Gasteiger partial charge in [0.1, 0.15) is 11.8 Å². The number of ether oxygens (including phenoxy) is 1. The molecule has 1 atom stereocenters. The number of nitrogens with one attached hydrogen (secondary N) is 1. The number of carbonyl (C=O) groups excluding carboxylic acids is 2. The Hall–Kier alpha value is -2.91. The summed E-state index contributed by atoms with van der Waals surface area (Å²) >= 11 is 0. The van der Waals surface area contributed by atoms with Gasteiger partial charge in [-0.15, -0.1) is 0 Å². The quantitative estimate of drug-likeness (QED) is 0.437. The van der Waals surface area contributed by atoms with Gasteiger partial charge >= 0.3 is 0 Å². The number of rotatable bonds is 13. The summed E-state index contributed by atoms with van der Waals surface area (Å²) in [6.07, 6.45) is 3.90. The molecule has 1 N–H and O–H groups in total. The fourth-order valence-electron chi connectivity index (χ4n) is 3.44. The number of unbranched alkanes of at least 4 members (excludes halogenated alkanes) is 2. The van der Waals surface area contributed by atoms with Crippen molar-refractivity contribution in [1.29, 1.82) is 0 Å². The summed E-state index contributed by atoms with van der Waals surface area (Å²) in [5.41, 5.74) is 1.44. The number of carbonyl (C=O) groups is 2. The fourth-order valence-corrected chi connectivity index (χ4v) is 3.79. The zero-order valence-corrected chi connectivity index (χ0v) is 21.2. The van der Waals surface area contributed by atoms with Crippen LogP contribution < -0.4 is 10.1 Å². The molecule has 0 unspecified atom stereocenters. The Kier molecular flexibility index (Phi) is 10.5. The van der Waals surface area contributed by atoms with Gasteiger partial charge < -0.3 is 15.0 Å². The third-order valence-corrected chi connectivity index (χ3v) is 6.77. The van der Waals surface area contributed by atoms with E-state index in [9.17, 15) is 18.0 Å². The lowest BCUT2D eigenvalue weighted by atomic mass is 10.0. The molecule has 0 saturated carbocycles. The highest BCUT2D eigenvalue weighted by Crippen LogP contribution is 2.25. The van der Waals surface area contributed by atoms with Crippen LogP contribution in [0.2, 0.25) is 0 Å². The van der Waals surface area contributed by atoms with E-state index in [0.29, 0.717) is 17.9 Å². The molecule has 0 aliphatic rings. The topological polar surface area (TPSA) is 96.0 Å². The van der Waals surface area contributed by atoms with Crippen LogP contribution in [0.4, 0.5) is 0 Å². The van der Waals surface area contributed by atoms with Crippen molar-refractivity contribution in [3.63, 3.8) is 0 Å². The van der Waals surface area contributed by atoms with Crippen molar-refractivity contribution in [1.82, 2.24) is 14.5 Å². The minimum absolute atomic E-state index is 0.127. The Morgan fingerprint density at radius 1 is 1.03 bits per heavy atom. The first-order valence-electron chi connectivity index (χ1n) is 11.3. The van der Waals surface area contributed by atoms with Crippen LogP contribution in [0.5, 0.6) is 5.75 Å². The molecule has 0 spiro atoms. The first kappa shape index (κ1) is 27.3. The molecule has 0 fully saturated rings. The molecular weight excluding hydrogens is 454 g/mol. The zero-order chi connectivity index (χ0) is 25.1. The van der Waals surface area contributed by atoms with Gasteiger partial charge in [0.15, 0.2) is 0 Å². The summed E-state index contributed by atoms with van der Waals surface area (Å²) in [6.45, 7) is 2.34. The van der Waals surface area contributed by atoms with E-state index in [1.165, 1.54) is 11.9 Å². The van der Waals surface area contributed by atoms with Crippen LogP contribution in [0.3, 0.4) is 0 Å². The third-order valence-electron chi connectivity index (χ3n) is 5.51. The van der Waals surface area contributed by atoms with Crippen molar-refractivity contribution in [3.05, 3.63) is 65.7 Å². The molecule has 0 radical (unpaired) electrons. The van der Waals surface area contributed by atoms with Crippen molar-refractivity contribution in [2.45, 2.75) is 38.8 Å². The van der Waals surface area contributed by atoms with Crippen LogP contribution in [-0.2, 0) is 26.2 Å². The molecule has 34 heavy (non-hydrogen) atoms. The second kappa shape index (κ2) is 13.1. The number of amides is 2. The standard InChI is InChI=1S/C25H35N3O5S/c1-5-6-10-17-26-25(30)24(21-11-8-7-9-12-21)28(23(29)19-27(2)34(4,31)32)18-20-13-15-22(33-3)16-14-20/h7-9,11-16,24H,5-6,10,17-19H2,1-4H3,(H,26,30)/t24-/m1/s1. The first-order chi connectivity index (χ1) is 16.2. The highest BCUT2D eigenvalue weighted by atomic mass is 32.2. The molecule has 0 heterocycles. The Bertz CT molecular complexity index is 1030. The van der Waals surface area contributed by atoms with Gasteiger partial charge in [0.05, 0.1) is 19.9 Å². The van der Waals surface area contributed by atoms with Crippen LogP contribution in [0.1, 0.15) is 43.4 Å². The normalized spacial score (nSPS) is 12.3. The minimum atomic E-state index is -3.58. The average molecular weight is 490 g/mol. The molecule has 0 aromatic heterocycles. The summed E-state index contributed by atoms with van der Waals surface area (Å²) in [5, 5.41) is 2.95. The number of hydrogen-bond donors (Lipinski definition) is 1. The highest BCUT2D eigenvalue weighted by Gasteiger charge is 2.32. The predicted molar refractivity (Wildman–Crippen MR) is 133 cm³/mol. The molecule has 0 aliphatic carbocycles. The number of methoxy groups -OCH3 is 1. The van der Waals surface area contributed by atoms with Crippen LogP contribution in [0.25, 0.3) is 0 Å². The lowest BCUT2D eigenvalue weighted by molar-refractivity contribution is -0.141. The Morgan fingerprint density at radius 2 is 1.68 bits per heavy atom. The van der Waals surface area contributed by atoms with Gasteiger partial charge in [0, 0.05) is 20.1 Å². The number of benzene rings is 2. The number of nitrogens with zero attached hydrogens (tertiary/aromatic N) is 2. The first-order valence-corrected chi connectivity index (χ1v) is 13.2. The molecule has 9 heteroatoms. The van der Waals surface area contributed by atoms with Gasteiger partial charge in [0.2, 0.25) is 21.8 Å². The summed E-state index contributed by atoms with van der Waals surface area (Å²) in [7, 11) is -0.658. The van der Waals surface area contributed by atoms with Gasteiger partial charge in [-0.25, -0.2) is 8.42 Å². The van der Waals surface area contributed by atoms with Gasteiger partial charge in [-0.3, -0.25) is 9.59 Å². The summed E-state index contributed by atoms with van der Waals surface area (Å²) in [5.74, 6) is -0.0980. The van der Waals surface area contributed by atoms with Crippen LogP contribution >= 0.6 is 0 Å². The van der Waals surface area contributed by atoms with Crippen LogP contribution in [0.15, 0.2) is 54.6 Å². The maximum absolute atomic E-state index is 13.4. The van der Waals surface area contributed by atoms with Crippen LogP contribution in [-0.4, -0.2) is 62.9 Å². The monoisotopic (exact) mass is 489 g/mol. The molecule has 2 aromatic rings. The molecular formula is C25H35N3O5S. The molecule has 2 amide bonds. The molecule has 0 saturated heterocycles. The predicted octanol–water partition coefficient (Wildman–Crippen LogP) is 2.96. The van der Waals surface area contributed by atoms with E-state index in [2.05, 4.69) is 12.2 Å². The minimum Gasteiger partial charge on any atom is -0.497 e. The van der Waals surface area contributed by atoms with Crippen molar-refractivity contribution >= 4 is 21.8 Å². The lowest BCUT2D eigenvalue weighted by Crippen LogP contribution is -2.47. The van der Waals surface area contributed by atoms with Crippen molar-refractivity contribution in [2.24, 2.45) is 0 Å². The fraction of sp³-hybridized carbons (Fsp3) is 0.440. The second-order valence-corrected chi connectivity index (χ2v) is 10.3. The zero-order valence-electron chi connectivity index (χ0n) is 20.4. The van der Waals surface area contributed by atoms with E-state index >= 15 is 0 Å². The molecule has 186 valence electrons. The van der Waals surface area contributed by atoms with E-state index in [1.54, 1.807) is 31.4 Å². The lowest BCUT2D eigenvalue weighted by Gasteiger charge is -2.32. The highest BCUT2D eigenvalue weighted by molar-refractivity contribution is 7.88. The average Bonchev–Trinajstić information content (AvgIpc) is 2.82.